The molecule has 2 aromatic rings. The fourth-order valence-electron chi connectivity index (χ4n) is 1.93. The highest BCUT2D eigenvalue weighted by Crippen LogP contribution is 2.28. The molecule has 2 rings (SSSR count). The molecule has 0 atom stereocenters. The molecule has 0 aromatic carbocycles. The third-order valence-corrected chi connectivity index (χ3v) is 3.01. The fourth-order valence-corrected chi connectivity index (χ4v) is 1.93. The summed E-state index contributed by atoms with van der Waals surface area (Å²) in [5.41, 5.74) is -0.912. The van der Waals surface area contributed by atoms with Crippen molar-refractivity contribution in [1.82, 2.24) is 9.55 Å². The molecular formula is C14H13F3N2O2. The van der Waals surface area contributed by atoms with Crippen LogP contribution in [0.1, 0.15) is 17.0 Å². The van der Waals surface area contributed by atoms with Crippen LogP contribution in [0.3, 0.4) is 0 Å². The second kappa shape index (κ2) is 5.59. The van der Waals surface area contributed by atoms with Crippen molar-refractivity contribution in [2.75, 3.05) is 7.11 Å². The molecular weight excluding hydrogens is 285 g/mol. The summed E-state index contributed by atoms with van der Waals surface area (Å²) in [5, 5.41) is 0. The normalized spacial score (nSPS) is 11.5. The maximum absolute atomic E-state index is 12.6. The van der Waals surface area contributed by atoms with E-state index in [-0.39, 0.29) is 12.2 Å². The molecule has 21 heavy (non-hydrogen) atoms. The average Bonchev–Trinajstić information content (AvgIpc) is 2.42. The first-order chi connectivity index (χ1) is 9.81. The van der Waals surface area contributed by atoms with E-state index in [1.807, 2.05) is 0 Å². The number of methoxy groups -OCH3 is 1. The van der Waals surface area contributed by atoms with Gasteiger partial charge in [0.05, 0.1) is 24.9 Å². The van der Waals surface area contributed by atoms with Crippen molar-refractivity contribution in [2.45, 2.75) is 19.6 Å². The summed E-state index contributed by atoms with van der Waals surface area (Å²) >= 11 is 0. The smallest absolute Gasteiger partial charge is 0.416 e. The lowest BCUT2D eigenvalue weighted by Gasteiger charge is -2.13. The van der Waals surface area contributed by atoms with E-state index in [1.165, 1.54) is 24.8 Å². The molecule has 0 spiro atoms. The highest BCUT2D eigenvalue weighted by molar-refractivity contribution is 5.24. The van der Waals surface area contributed by atoms with Gasteiger partial charge in [-0.3, -0.25) is 9.78 Å². The minimum absolute atomic E-state index is 0.0833. The first-order valence-corrected chi connectivity index (χ1v) is 6.09. The van der Waals surface area contributed by atoms with Crippen LogP contribution in [0.4, 0.5) is 13.2 Å². The Morgan fingerprint density at radius 1 is 1.29 bits per heavy atom. The van der Waals surface area contributed by atoms with E-state index in [0.29, 0.717) is 17.5 Å². The van der Waals surface area contributed by atoms with Crippen LogP contribution in [0.5, 0.6) is 5.75 Å². The topological polar surface area (TPSA) is 44.1 Å². The molecule has 7 heteroatoms. The quantitative estimate of drug-likeness (QED) is 0.875. The molecule has 0 aliphatic carbocycles. The first kappa shape index (κ1) is 15.1. The molecule has 2 heterocycles. The lowest BCUT2D eigenvalue weighted by Crippen LogP contribution is -2.25. The zero-order valence-electron chi connectivity index (χ0n) is 11.4. The van der Waals surface area contributed by atoms with Gasteiger partial charge in [0, 0.05) is 24.0 Å². The molecule has 0 fully saturated rings. The van der Waals surface area contributed by atoms with Crippen LogP contribution in [-0.2, 0) is 12.7 Å². The van der Waals surface area contributed by atoms with Crippen LogP contribution in [0.2, 0.25) is 0 Å². The number of pyridine rings is 2. The Hall–Kier alpha value is -2.31. The van der Waals surface area contributed by atoms with E-state index < -0.39 is 17.3 Å². The summed E-state index contributed by atoms with van der Waals surface area (Å²) < 4.78 is 44.2. The second-order valence-corrected chi connectivity index (χ2v) is 4.49. The molecule has 0 aliphatic heterocycles. The Morgan fingerprint density at radius 2 is 2.00 bits per heavy atom. The van der Waals surface area contributed by atoms with E-state index in [2.05, 4.69) is 4.98 Å². The van der Waals surface area contributed by atoms with Gasteiger partial charge in [-0.25, -0.2) is 0 Å². The van der Waals surface area contributed by atoms with Crippen molar-refractivity contribution in [1.29, 1.82) is 0 Å². The standard InChI is InChI=1S/C14H13F3N2O2/c1-9-5-10(14(15,16)17)6-13(20)19(9)8-11-7-12(21-2)3-4-18-11/h3-7H,8H2,1-2H3. The Labute approximate surface area is 118 Å². The van der Waals surface area contributed by atoms with Crippen LogP contribution in [-0.4, -0.2) is 16.7 Å². The van der Waals surface area contributed by atoms with Crippen molar-refractivity contribution >= 4 is 0 Å². The van der Waals surface area contributed by atoms with Crippen molar-refractivity contribution < 1.29 is 17.9 Å². The predicted molar refractivity (Wildman–Crippen MR) is 70.3 cm³/mol. The monoisotopic (exact) mass is 298 g/mol. The van der Waals surface area contributed by atoms with Gasteiger partial charge < -0.3 is 9.30 Å². The highest BCUT2D eigenvalue weighted by Gasteiger charge is 2.31. The summed E-state index contributed by atoms with van der Waals surface area (Å²) in [6.45, 7) is 1.54. The van der Waals surface area contributed by atoms with Crippen LogP contribution < -0.4 is 10.3 Å². The van der Waals surface area contributed by atoms with E-state index in [0.717, 1.165) is 6.07 Å². The van der Waals surface area contributed by atoms with Crippen LogP contribution in [0.15, 0.2) is 35.3 Å². The summed E-state index contributed by atoms with van der Waals surface area (Å²) in [4.78, 5) is 15.9. The maximum atomic E-state index is 12.6. The number of nitrogens with zero attached hydrogens (tertiary/aromatic N) is 2. The van der Waals surface area contributed by atoms with Crippen LogP contribution in [0, 0.1) is 6.92 Å². The SMILES string of the molecule is COc1ccnc(Cn2c(C)cc(C(F)(F)F)cc2=O)c1. The van der Waals surface area contributed by atoms with Crippen molar-refractivity contribution in [3.8, 4) is 5.75 Å². The van der Waals surface area contributed by atoms with Crippen LogP contribution in [0.25, 0.3) is 0 Å². The number of hydrogen-bond acceptors (Lipinski definition) is 3. The Balaban J connectivity index is 2.39. The summed E-state index contributed by atoms with van der Waals surface area (Å²) in [5.74, 6) is 0.567. The average molecular weight is 298 g/mol. The van der Waals surface area contributed by atoms with Crippen molar-refractivity contribution in [3.63, 3.8) is 0 Å². The van der Waals surface area contributed by atoms with Gasteiger partial charge in [-0.05, 0) is 19.1 Å². The highest BCUT2D eigenvalue weighted by atomic mass is 19.4. The molecule has 0 N–H and O–H groups in total. The molecule has 112 valence electrons. The number of hydrogen-bond donors (Lipinski definition) is 0. The molecule has 0 bridgehead atoms. The lowest BCUT2D eigenvalue weighted by molar-refractivity contribution is -0.137. The van der Waals surface area contributed by atoms with E-state index >= 15 is 0 Å². The Bertz CT molecular complexity index is 708. The summed E-state index contributed by atoms with van der Waals surface area (Å²) in [6.07, 6.45) is -3.02. The Morgan fingerprint density at radius 3 is 2.57 bits per heavy atom. The molecule has 0 unspecified atom stereocenters. The zero-order chi connectivity index (χ0) is 15.6. The molecule has 2 aromatic heterocycles. The van der Waals surface area contributed by atoms with Gasteiger partial charge in [-0.2, -0.15) is 13.2 Å². The van der Waals surface area contributed by atoms with E-state index in [1.54, 1.807) is 12.1 Å². The van der Waals surface area contributed by atoms with E-state index in [9.17, 15) is 18.0 Å². The largest absolute Gasteiger partial charge is 0.497 e. The molecule has 0 amide bonds. The molecule has 0 saturated carbocycles. The minimum Gasteiger partial charge on any atom is -0.497 e. The van der Waals surface area contributed by atoms with Crippen LogP contribution >= 0.6 is 0 Å². The zero-order valence-corrected chi connectivity index (χ0v) is 11.4. The van der Waals surface area contributed by atoms with E-state index in [4.69, 9.17) is 4.74 Å². The molecule has 4 nitrogen and oxygen atoms in total. The van der Waals surface area contributed by atoms with Crippen molar-refractivity contribution in [2.24, 2.45) is 0 Å². The summed E-state index contributed by atoms with van der Waals surface area (Å²) in [6, 6.07) is 4.81. The van der Waals surface area contributed by atoms with Gasteiger partial charge in [-0.1, -0.05) is 0 Å². The van der Waals surface area contributed by atoms with Gasteiger partial charge in [0.1, 0.15) is 5.75 Å². The maximum Gasteiger partial charge on any atom is 0.416 e. The first-order valence-electron chi connectivity index (χ1n) is 6.09. The van der Waals surface area contributed by atoms with Gasteiger partial charge in [0.15, 0.2) is 0 Å². The number of aromatic nitrogens is 2. The molecule has 0 saturated heterocycles. The third-order valence-electron chi connectivity index (χ3n) is 3.01. The lowest BCUT2D eigenvalue weighted by atomic mass is 10.2. The molecule has 0 radical (unpaired) electrons. The van der Waals surface area contributed by atoms with Crippen molar-refractivity contribution in [3.05, 3.63) is 57.8 Å². The number of alkyl halides is 3. The number of ether oxygens (including phenoxy) is 1. The van der Waals surface area contributed by atoms with Gasteiger partial charge in [0.2, 0.25) is 0 Å². The van der Waals surface area contributed by atoms with Gasteiger partial charge in [0.25, 0.3) is 5.56 Å². The van der Waals surface area contributed by atoms with Gasteiger partial charge in [-0.15, -0.1) is 0 Å². The minimum atomic E-state index is -4.53. The number of halogens is 3. The predicted octanol–water partition coefficient (Wildman–Crippen LogP) is 2.63. The number of aryl methyl sites for hydroxylation is 1. The molecule has 0 aliphatic rings. The number of rotatable bonds is 3. The fraction of sp³-hybridized carbons (Fsp3) is 0.286. The third kappa shape index (κ3) is 3.42. The van der Waals surface area contributed by atoms with Gasteiger partial charge >= 0.3 is 6.18 Å². The summed E-state index contributed by atoms with van der Waals surface area (Å²) in [7, 11) is 1.49. The second-order valence-electron chi connectivity index (χ2n) is 4.49. The Kier molecular flexibility index (Phi) is 4.02.